The maximum absolute atomic E-state index is 12.5. The summed E-state index contributed by atoms with van der Waals surface area (Å²) < 4.78 is 33.4. The van der Waals surface area contributed by atoms with Crippen LogP contribution in [-0.2, 0) is 16.6 Å². The van der Waals surface area contributed by atoms with Crippen LogP contribution >= 0.6 is 0 Å². The standard InChI is InChI=1S/C21H18N2O3S/c24-27(25,23-15-16-6-7-17-12-13-22-21(17)14-16)20-10-8-19(9-11-20)26-18-4-2-1-3-5-18/h1-14,22-23H,15H2. The topological polar surface area (TPSA) is 71.2 Å². The zero-order valence-corrected chi connectivity index (χ0v) is 15.2. The van der Waals surface area contributed by atoms with Crippen molar-refractivity contribution in [2.45, 2.75) is 11.4 Å². The highest BCUT2D eigenvalue weighted by molar-refractivity contribution is 7.89. The van der Waals surface area contributed by atoms with Crippen molar-refractivity contribution in [2.75, 3.05) is 0 Å². The van der Waals surface area contributed by atoms with Crippen molar-refractivity contribution in [1.82, 2.24) is 9.71 Å². The van der Waals surface area contributed by atoms with E-state index in [-0.39, 0.29) is 11.4 Å². The van der Waals surface area contributed by atoms with Gasteiger partial charge in [-0.05, 0) is 59.5 Å². The summed E-state index contributed by atoms with van der Waals surface area (Å²) in [5.74, 6) is 1.28. The van der Waals surface area contributed by atoms with E-state index in [2.05, 4.69) is 9.71 Å². The van der Waals surface area contributed by atoms with Gasteiger partial charge >= 0.3 is 0 Å². The fraction of sp³-hybridized carbons (Fsp3) is 0.0476. The number of sulfonamides is 1. The Balaban J connectivity index is 1.44. The van der Waals surface area contributed by atoms with E-state index in [1.54, 1.807) is 12.1 Å². The summed E-state index contributed by atoms with van der Waals surface area (Å²) in [7, 11) is -3.60. The SMILES string of the molecule is O=S(=O)(NCc1ccc2cc[nH]c2c1)c1ccc(Oc2ccccc2)cc1. The Bertz CT molecular complexity index is 1150. The number of hydrogen-bond acceptors (Lipinski definition) is 3. The van der Waals surface area contributed by atoms with E-state index in [0.717, 1.165) is 16.5 Å². The molecule has 0 aliphatic rings. The highest BCUT2D eigenvalue weighted by atomic mass is 32.2. The zero-order chi connectivity index (χ0) is 18.7. The van der Waals surface area contributed by atoms with Crippen molar-refractivity contribution in [1.29, 1.82) is 0 Å². The van der Waals surface area contributed by atoms with Crippen LogP contribution in [-0.4, -0.2) is 13.4 Å². The summed E-state index contributed by atoms with van der Waals surface area (Å²) in [4.78, 5) is 3.32. The van der Waals surface area contributed by atoms with E-state index in [0.29, 0.717) is 11.5 Å². The van der Waals surface area contributed by atoms with Crippen molar-refractivity contribution in [3.63, 3.8) is 0 Å². The highest BCUT2D eigenvalue weighted by Gasteiger charge is 2.14. The van der Waals surface area contributed by atoms with Gasteiger partial charge in [0.25, 0.3) is 0 Å². The normalized spacial score (nSPS) is 11.6. The molecule has 0 radical (unpaired) electrons. The number of aromatic nitrogens is 1. The zero-order valence-electron chi connectivity index (χ0n) is 14.4. The Hall–Kier alpha value is -3.09. The number of para-hydroxylation sites is 1. The van der Waals surface area contributed by atoms with Gasteiger partial charge in [0.2, 0.25) is 10.0 Å². The van der Waals surface area contributed by atoms with E-state index in [9.17, 15) is 8.42 Å². The molecule has 1 heterocycles. The Morgan fingerprint density at radius 1 is 0.852 bits per heavy atom. The van der Waals surface area contributed by atoms with E-state index < -0.39 is 10.0 Å². The molecule has 136 valence electrons. The first-order valence-corrected chi connectivity index (χ1v) is 9.97. The third kappa shape index (κ3) is 4.02. The molecule has 2 N–H and O–H groups in total. The summed E-state index contributed by atoms with van der Waals surface area (Å²) in [6.45, 7) is 0.222. The quantitative estimate of drug-likeness (QED) is 0.521. The monoisotopic (exact) mass is 378 g/mol. The molecule has 0 atom stereocenters. The first-order valence-electron chi connectivity index (χ1n) is 8.49. The predicted octanol–water partition coefficient (Wildman–Crippen LogP) is 4.44. The van der Waals surface area contributed by atoms with Crippen LogP contribution in [0, 0.1) is 0 Å². The molecule has 5 nitrogen and oxygen atoms in total. The molecule has 6 heteroatoms. The minimum absolute atomic E-state index is 0.198. The second-order valence-electron chi connectivity index (χ2n) is 6.11. The van der Waals surface area contributed by atoms with Gasteiger partial charge in [0.05, 0.1) is 4.90 Å². The first kappa shape index (κ1) is 17.3. The van der Waals surface area contributed by atoms with Gasteiger partial charge < -0.3 is 9.72 Å². The van der Waals surface area contributed by atoms with Gasteiger partial charge in [-0.1, -0.05) is 30.3 Å². The van der Waals surface area contributed by atoms with Gasteiger partial charge in [0.1, 0.15) is 11.5 Å². The number of ether oxygens (including phenoxy) is 1. The highest BCUT2D eigenvalue weighted by Crippen LogP contribution is 2.22. The maximum atomic E-state index is 12.5. The second-order valence-corrected chi connectivity index (χ2v) is 7.88. The third-order valence-corrected chi connectivity index (χ3v) is 5.62. The number of fused-ring (bicyclic) bond motifs is 1. The molecule has 27 heavy (non-hydrogen) atoms. The summed E-state index contributed by atoms with van der Waals surface area (Å²) in [5, 5.41) is 1.09. The van der Waals surface area contributed by atoms with Gasteiger partial charge in [-0.15, -0.1) is 0 Å². The minimum Gasteiger partial charge on any atom is -0.457 e. The van der Waals surface area contributed by atoms with Gasteiger partial charge in [-0.2, -0.15) is 0 Å². The summed E-state index contributed by atoms with van der Waals surface area (Å²) in [6, 6.07) is 23.5. The molecule has 0 saturated heterocycles. The maximum Gasteiger partial charge on any atom is 0.240 e. The number of rotatable bonds is 6. The summed E-state index contributed by atoms with van der Waals surface area (Å²) in [5.41, 5.74) is 1.87. The van der Waals surface area contributed by atoms with Gasteiger partial charge in [-0.25, -0.2) is 13.1 Å². The van der Waals surface area contributed by atoms with Crippen molar-refractivity contribution < 1.29 is 13.2 Å². The molecule has 3 aromatic carbocycles. The molecule has 0 fully saturated rings. The Kier molecular flexibility index (Phi) is 4.66. The lowest BCUT2D eigenvalue weighted by atomic mass is 10.2. The van der Waals surface area contributed by atoms with Gasteiger partial charge in [0.15, 0.2) is 0 Å². The molecular weight excluding hydrogens is 360 g/mol. The number of benzene rings is 3. The summed E-state index contributed by atoms with van der Waals surface area (Å²) >= 11 is 0. The Morgan fingerprint density at radius 3 is 2.37 bits per heavy atom. The molecule has 4 rings (SSSR count). The molecule has 0 aliphatic carbocycles. The van der Waals surface area contributed by atoms with Crippen LogP contribution in [0.1, 0.15) is 5.56 Å². The Morgan fingerprint density at radius 2 is 1.59 bits per heavy atom. The van der Waals surface area contributed by atoms with Crippen molar-refractivity contribution in [2.24, 2.45) is 0 Å². The molecule has 0 aliphatic heterocycles. The van der Waals surface area contributed by atoms with Crippen molar-refractivity contribution in [3.05, 3.63) is 90.6 Å². The molecule has 0 bridgehead atoms. The van der Waals surface area contributed by atoms with E-state index >= 15 is 0 Å². The fourth-order valence-electron chi connectivity index (χ4n) is 2.78. The third-order valence-electron chi connectivity index (χ3n) is 4.20. The molecule has 0 spiro atoms. The van der Waals surface area contributed by atoms with Gasteiger partial charge in [-0.3, -0.25) is 0 Å². The predicted molar refractivity (Wildman–Crippen MR) is 105 cm³/mol. The average molecular weight is 378 g/mol. The molecular formula is C21H18N2O3S. The number of hydrogen-bond donors (Lipinski definition) is 2. The first-order chi connectivity index (χ1) is 13.1. The van der Waals surface area contributed by atoms with Crippen LogP contribution in [0.3, 0.4) is 0 Å². The average Bonchev–Trinajstić information content (AvgIpc) is 3.16. The lowest BCUT2D eigenvalue weighted by Crippen LogP contribution is -2.23. The van der Waals surface area contributed by atoms with Crippen LogP contribution in [0.4, 0.5) is 0 Å². The molecule has 4 aromatic rings. The van der Waals surface area contributed by atoms with E-state index in [1.807, 2.05) is 60.8 Å². The molecule has 0 amide bonds. The van der Waals surface area contributed by atoms with E-state index in [4.69, 9.17) is 4.74 Å². The summed E-state index contributed by atoms with van der Waals surface area (Å²) in [6.07, 6.45) is 1.86. The number of aromatic amines is 1. The van der Waals surface area contributed by atoms with Crippen LogP contribution < -0.4 is 9.46 Å². The largest absolute Gasteiger partial charge is 0.457 e. The minimum atomic E-state index is -3.60. The molecule has 1 aromatic heterocycles. The lowest BCUT2D eigenvalue weighted by molar-refractivity contribution is 0.482. The smallest absolute Gasteiger partial charge is 0.240 e. The van der Waals surface area contributed by atoms with Crippen LogP contribution in [0.25, 0.3) is 10.9 Å². The number of H-pyrrole nitrogens is 1. The van der Waals surface area contributed by atoms with E-state index in [1.165, 1.54) is 12.1 Å². The number of nitrogens with one attached hydrogen (secondary N) is 2. The van der Waals surface area contributed by atoms with Crippen LogP contribution in [0.2, 0.25) is 0 Å². The van der Waals surface area contributed by atoms with Crippen LogP contribution in [0.5, 0.6) is 11.5 Å². The van der Waals surface area contributed by atoms with Crippen molar-refractivity contribution in [3.8, 4) is 11.5 Å². The van der Waals surface area contributed by atoms with Crippen LogP contribution in [0.15, 0.2) is 90.0 Å². The second kappa shape index (κ2) is 7.26. The Labute approximate surface area is 157 Å². The molecule has 0 unspecified atom stereocenters. The molecule has 0 saturated carbocycles. The van der Waals surface area contributed by atoms with Crippen molar-refractivity contribution >= 4 is 20.9 Å². The fourth-order valence-corrected chi connectivity index (χ4v) is 3.80. The lowest BCUT2D eigenvalue weighted by Gasteiger charge is -2.09. The van der Waals surface area contributed by atoms with Gasteiger partial charge in [0, 0.05) is 18.3 Å².